The maximum Gasteiger partial charge on any atom is 0.247 e. The van der Waals surface area contributed by atoms with Crippen molar-refractivity contribution in [2.75, 3.05) is 13.2 Å². The van der Waals surface area contributed by atoms with Crippen LogP contribution in [0, 0.1) is 6.92 Å². The molecule has 0 spiro atoms. The second-order valence-electron chi connectivity index (χ2n) is 9.93. The number of ether oxygens (including phenoxy) is 1. The van der Waals surface area contributed by atoms with E-state index in [2.05, 4.69) is 20.7 Å². The van der Waals surface area contributed by atoms with E-state index >= 15 is 0 Å². The fourth-order valence-electron chi connectivity index (χ4n) is 4.09. The molecule has 2 aromatic heterocycles. The van der Waals surface area contributed by atoms with Crippen molar-refractivity contribution >= 4 is 23.4 Å². The average molecular weight is 515 g/mol. The van der Waals surface area contributed by atoms with E-state index < -0.39 is 11.6 Å². The summed E-state index contributed by atoms with van der Waals surface area (Å²) in [5, 5.41) is 15.9. The predicted octanol–water partition coefficient (Wildman–Crippen LogP) is 3.56. The van der Waals surface area contributed by atoms with Gasteiger partial charge in [0, 0.05) is 23.7 Å². The number of nitrogens with zero attached hydrogens (tertiary/aromatic N) is 5. The Labute approximate surface area is 214 Å². The van der Waals surface area contributed by atoms with Crippen molar-refractivity contribution in [2.24, 2.45) is 0 Å². The third kappa shape index (κ3) is 6.50. The lowest BCUT2D eigenvalue weighted by molar-refractivity contribution is -0.144. The molecule has 0 bridgehead atoms. The number of furan rings is 1. The molecule has 2 atom stereocenters. The van der Waals surface area contributed by atoms with E-state index in [0.717, 1.165) is 18.6 Å². The Morgan fingerprint density at radius 2 is 1.97 bits per heavy atom. The fraction of sp³-hybridized carbons (Fsp3) is 0.480. The lowest BCUT2D eigenvalue weighted by atomic mass is 10.0. The van der Waals surface area contributed by atoms with Crippen LogP contribution in [0.4, 0.5) is 0 Å². The first-order valence-electron chi connectivity index (χ1n) is 11.9. The molecule has 3 heterocycles. The van der Waals surface area contributed by atoms with Gasteiger partial charge < -0.3 is 19.4 Å². The number of rotatable bonds is 8. The molecule has 1 N–H and O–H groups in total. The van der Waals surface area contributed by atoms with Gasteiger partial charge in [0.05, 0.1) is 6.10 Å². The molecule has 1 aliphatic heterocycles. The Hall–Kier alpha value is -3.24. The fourth-order valence-corrected chi connectivity index (χ4v) is 4.22. The number of carbonyl (C=O) groups is 2. The van der Waals surface area contributed by atoms with E-state index in [4.69, 9.17) is 20.8 Å². The van der Waals surface area contributed by atoms with Crippen LogP contribution >= 0.6 is 11.6 Å². The van der Waals surface area contributed by atoms with Gasteiger partial charge in [-0.25, -0.2) is 0 Å². The Kier molecular flexibility index (Phi) is 7.75. The maximum atomic E-state index is 13.7. The third-order valence-corrected chi connectivity index (χ3v) is 5.93. The molecule has 36 heavy (non-hydrogen) atoms. The van der Waals surface area contributed by atoms with Crippen LogP contribution in [0.3, 0.4) is 0 Å². The molecular formula is C25H31ClN6O4. The zero-order valence-electron chi connectivity index (χ0n) is 20.9. The molecule has 0 aliphatic carbocycles. The number of aryl methyl sites for hydroxylation is 1. The molecule has 1 fully saturated rings. The predicted molar refractivity (Wildman–Crippen MR) is 133 cm³/mol. The quantitative estimate of drug-likeness (QED) is 0.488. The standard InChI is InChI=1S/C25H31ClN6O4/c1-16-7-12-20(36-16)23-28-30-32(29-23)15-21(33)31(14-19-6-5-13-35-19)22(24(34)27-25(2,3)4)17-8-10-18(26)11-9-17/h7-12,19,22H,5-6,13-15H2,1-4H3,(H,27,34)/t19-,22-/m1/s1. The molecule has 1 aromatic carbocycles. The van der Waals surface area contributed by atoms with Gasteiger partial charge in [-0.05, 0) is 75.6 Å². The van der Waals surface area contributed by atoms with Crippen molar-refractivity contribution in [3.63, 3.8) is 0 Å². The van der Waals surface area contributed by atoms with E-state index in [1.165, 1.54) is 4.80 Å². The summed E-state index contributed by atoms with van der Waals surface area (Å²) in [7, 11) is 0. The number of hydrogen-bond acceptors (Lipinski definition) is 7. The molecule has 1 aliphatic rings. The van der Waals surface area contributed by atoms with Crippen molar-refractivity contribution in [3.8, 4) is 11.6 Å². The Bertz CT molecular complexity index is 1190. The third-order valence-electron chi connectivity index (χ3n) is 5.68. The van der Waals surface area contributed by atoms with E-state index in [1.54, 1.807) is 41.3 Å². The van der Waals surface area contributed by atoms with Gasteiger partial charge >= 0.3 is 0 Å². The first-order valence-corrected chi connectivity index (χ1v) is 12.3. The van der Waals surface area contributed by atoms with Crippen LogP contribution < -0.4 is 5.32 Å². The summed E-state index contributed by atoms with van der Waals surface area (Å²) in [5.41, 5.74) is 0.148. The van der Waals surface area contributed by atoms with Gasteiger partial charge in [0.15, 0.2) is 5.76 Å². The Morgan fingerprint density at radius 3 is 2.58 bits per heavy atom. The van der Waals surface area contributed by atoms with Gasteiger partial charge in [0.25, 0.3) is 0 Å². The SMILES string of the molecule is Cc1ccc(-c2nnn(CC(=O)N(C[C@H]3CCCO3)[C@@H](C(=O)NC(C)(C)C)c3ccc(Cl)cc3)n2)o1. The second kappa shape index (κ2) is 10.8. The number of nitrogens with one attached hydrogen (secondary N) is 1. The van der Waals surface area contributed by atoms with Crippen molar-refractivity contribution < 1.29 is 18.7 Å². The molecular weight excluding hydrogens is 484 g/mol. The van der Waals surface area contributed by atoms with E-state index in [9.17, 15) is 9.59 Å². The van der Waals surface area contributed by atoms with Gasteiger partial charge in [-0.1, -0.05) is 23.7 Å². The molecule has 10 nitrogen and oxygen atoms in total. The van der Waals surface area contributed by atoms with Crippen LogP contribution in [-0.2, 0) is 20.9 Å². The molecule has 4 rings (SSSR count). The molecule has 192 valence electrons. The van der Waals surface area contributed by atoms with Crippen LogP contribution in [0.15, 0.2) is 40.8 Å². The maximum absolute atomic E-state index is 13.7. The summed E-state index contributed by atoms with van der Waals surface area (Å²) in [4.78, 5) is 30.0. The van der Waals surface area contributed by atoms with Crippen molar-refractivity contribution in [2.45, 2.75) is 64.8 Å². The summed E-state index contributed by atoms with van der Waals surface area (Å²) in [6.45, 7) is 8.19. The number of hydrogen-bond donors (Lipinski definition) is 1. The van der Waals surface area contributed by atoms with Gasteiger partial charge in [-0.3, -0.25) is 9.59 Å². The number of tetrazole rings is 1. The van der Waals surface area contributed by atoms with Crippen LogP contribution in [-0.4, -0.2) is 61.7 Å². The monoisotopic (exact) mass is 514 g/mol. The number of amides is 2. The molecule has 11 heteroatoms. The van der Waals surface area contributed by atoms with E-state index in [1.807, 2.05) is 27.7 Å². The Morgan fingerprint density at radius 1 is 1.22 bits per heavy atom. The smallest absolute Gasteiger partial charge is 0.247 e. The highest BCUT2D eigenvalue weighted by Gasteiger charge is 2.36. The summed E-state index contributed by atoms with van der Waals surface area (Å²) >= 11 is 6.11. The molecule has 0 unspecified atom stereocenters. The summed E-state index contributed by atoms with van der Waals surface area (Å²) < 4.78 is 11.4. The number of halogens is 1. The highest BCUT2D eigenvalue weighted by Crippen LogP contribution is 2.27. The minimum absolute atomic E-state index is 0.170. The van der Waals surface area contributed by atoms with Crippen LogP contribution in [0.1, 0.15) is 51.0 Å². The summed E-state index contributed by atoms with van der Waals surface area (Å²) in [6.07, 6.45) is 1.54. The largest absolute Gasteiger partial charge is 0.458 e. The second-order valence-corrected chi connectivity index (χ2v) is 10.4. The number of carbonyl (C=O) groups excluding carboxylic acids is 2. The average Bonchev–Trinajstić information content (AvgIpc) is 3.56. The zero-order chi connectivity index (χ0) is 25.9. The summed E-state index contributed by atoms with van der Waals surface area (Å²) in [6, 6.07) is 9.59. The van der Waals surface area contributed by atoms with Crippen molar-refractivity contribution in [3.05, 3.63) is 52.7 Å². The molecule has 2 amide bonds. The van der Waals surface area contributed by atoms with Gasteiger partial charge in [0.2, 0.25) is 17.6 Å². The molecule has 0 saturated carbocycles. The van der Waals surface area contributed by atoms with E-state index in [-0.39, 0.29) is 36.8 Å². The van der Waals surface area contributed by atoms with E-state index in [0.29, 0.717) is 23.0 Å². The minimum Gasteiger partial charge on any atom is -0.458 e. The minimum atomic E-state index is -0.895. The highest BCUT2D eigenvalue weighted by atomic mass is 35.5. The van der Waals surface area contributed by atoms with Gasteiger partial charge in [-0.2, -0.15) is 4.80 Å². The van der Waals surface area contributed by atoms with Crippen LogP contribution in [0.2, 0.25) is 5.02 Å². The highest BCUT2D eigenvalue weighted by molar-refractivity contribution is 6.30. The molecule has 1 saturated heterocycles. The van der Waals surface area contributed by atoms with Gasteiger partial charge in [0.1, 0.15) is 18.3 Å². The normalized spacial score (nSPS) is 16.6. The van der Waals surface area contributed by atoms with Crippen LogP contribution in [0.5, 0.6) is 0 Å². The first kappa shape index (κ1) is 25.8. The first-order chi connectivity index (χ1) is 17.1. The van der Waals surface area contributed by atoms with Gasteiger partial charge in [-0.15, -0.1) is 10.2 Å². The van der Waals surface area contributed by atoms with Crippen LogP contribution in [0.25, 0.3) is 11.6 Å². The number of aromatic nitrogens is 4. The number of benzene rings is 1. The summed E-state index contributed by atoms with van der Waals surface area (Å²) in [5.74, 6) is 0.826. The lowest BCUT2D eigenvalue weighted by Crippen LogP contribution is -2.51. The molecule has 0 radical (unpaired) electrons. The lowest BCUT2D eigenvalue weighted by Gasteiger charge is -2.35. The topological polar surface area (TPSA) is 115 Å². The molecule has 3 aromatic rings. The zero-order valence-corrected chi connectivity index (χ0v) is 21.7. The Balaban J connectivity index is 1.64. The van der Waals surface area contributed by atoms with Crippen molar-refractivity contribution in [1.29, 1.82) is 0 Å². The van der Waals surface area contributed by atoms with Crippen molar-refractivity contribution in [1.82, 2.24) is 30.4 Å².